The summed E-state index contributed by atoms with van der Waals surface area (Å²) >= 11 is 0. The number of rotatable bonds is 3. The number of nitrogens with zero attached hydrogens (tertiary/aromatic N) is 1. The van der Waals surface area contributed by atoms with Gasteiger partial charge >= 0.3 is 0 Å². The molecule has 2 N–H and O–H groups in total. The monoisotopic (exact) mass is 274 g/mol. The third kappa shape index (κ3) is 2.03. The fraction of sp³-hybridized carbons (Fsp3) is 0.211. The average molecular weight is 274 g/mol. The molecule has 4 rings (SSSR count). The smallest absolute Gasteiger partial charge is 0.0702 e. The van der Waals surface area contributed by atoms with Crippen molar-refractivity contribution in [2.75, 3.05) is 0 Å². The number of hydrogen-bond acceptors (Lipinski definition) is 2. The van der Waals surface area contributed by atoms with Gasteiger partial charge in [-0.1, -0.05) is 48.5 Å². The van der Waals surface area contributed by atoms with Gasteiger partial charge in [-0.2, -0.15) is 0 Å². The lowest BCUT2D eigenvalue weighted by atomic mass is 9.85. The van der Waals surface area contributed by atoms with Crippen LogP contribution in [0.15, 0.2) is 66.9 Å². The average Bonchev–Trinajstić information content (AvgIpc) is 3.36. The second-order valence-electron chi connectivity index (χ2n) is 5.96. The minimum Gasteiger partial charge on any atom is -0.323 e. The molecule has 1 heterocycles. The summed E-state index contributed by atoms with van der Waals surface area (Å²) in [5.74, 6) is 0. The SMILES string of the molecule is NC(c1cnc2ccccc2c1)C1(c2ccccc2)CC1. The van der Waals surface area contributed by atoms with Crippen LogP contribution in [0, 0.1) is 0 Å². The van der Waals surface area contributed by atoms with Gasteiger partial charge in [0, 0.05) is 23.0 Å². The molecule has 1 aliphatic carbocycles. The molecule has 3 aromatic rings. The van der Waals surface area contributed by atoms with E-state index in [4.69, 9.17) is 5.73 Å². The first-order valence-corrected chi connectivity index (χ1v) is 7.45. The molecule has 2 heteroatoms. The van der Waals surface area contributed by atoms with Crippen molar-refractivity contribution in [2.24, 2.45) is 5.73 Å². The highest BCUT2D eigenvalue weighted by molar-refractivity contribution is 5.78. The Morgan fingerprint density at radius 1 is 0.952 bits per heavy atom. The molecule has 2 nitrogen and oxygen atoms in total. The summed E-state index contributed by atoms with van der Waals surface area (Å²) in [5.41, 5.74) is 10.2. The van der Waals surface area contributed by atoms with Crippen molar-refractivity contribution >= 4 is 10.9 Å². The van der Waals surface area contributed by atoms with Crippen molar-refractivity contribution in [3.8, 4) is 0 Å². The van der Waals surface area contributed by atoms with Gasteiger partial charge in [-0.05, 0) is 36.1 Å². The second-order valence-corrected chi connectivity index (χ2v) is 5.96. The standard InChI is InChI=1S/C19H18N2/c20-18(19(10-11-19)16-7-2-1-3-8-16)15-12-14-6-4-5-9-17(14)21-13-15/h1-9,12-13,18H,10-11,20H2. The maximum atomic E-state index is 6.62. The topological polar surface area (TPSA) is 38.9 Å². The van der Waals surface area contributed by atoms with Crippen LogP contribution in [0.4, 0.5) is 0 Å². The van der Waals surface area contributed by atoms with Gasteiger partial charge in [-0.15, -0.1) is 0 Å². The molecular weight excluding hydrogens is 256 g/mol. The maximum Gasteiger partial charge on any atom is 0.0702 e. The first-order chi connectivity index (χ1) is 10.3. The van der Waals surface area contributed by atoms with Crippen LogP contribution in [0.25, 0.3) is 10.9 Å². The Kier molecular flexibility index (Phi) is 2.79. The lowest BCUT2D eigenvalue weighted by Gasteiger charge is -2.24. The first kappa shape index (κ1) is 12.5. The van der Waals surface area contributed by atoms with E-state index in [2.05, 4.69) is 47.4 Å². The van der Waals surface area contributed by atoms with Gasteiger partial charge in [0.25, 0.3) is 0 Å². The molecule has 2 aromatic carbocycles. The molecule has 104 valence electrons. The molecule has 0 saturated heterocycles. The zero-order chi connectivity index (χ0) is 14.3. The molecule has 0 aliphatic heterocycles. The summed E-state index contributed by atoms with van der Waals surface area (Å²) in [5, 5.41) is 1.16. The Morgan fingerprint density at radius 2 is 1.67 bits per heavy atom. The lowest BCUT2D eigenvalue weighted by molar-refractivity contribution is 0.540. The van der Waals surface area contributed by atoms with Crippen LogP contribution in [0.5, 0.6) is 0 Å². The molecule has 0 radical (unpaired) electrons. The van der Waals surface area contributed by atoms with Crippen molar-refractivity contribution < 1.29 is 0 Å². The van der Waals surface area contributed by atoms with Crippen molar-refractivity contribution in [2.45, 2.75) is 24.3 Å². The van der Waals surface area contributed by atoms with E-state index in [9.17, 15) is 0 Å². The van der Waals surface area contributed by atoms with Crippen molar-refractivity contribution in [1.82, 2.24) is 4.98 Å². The van der Waals surface area contributed by atoms with Gasteiger partial charge < -0.3 is 5.73 Å². The van der Waals surface area contributed by atoms with Crippen LogP contribution in [0.2, 0.25) is 0 Å². The minimum absolute atomic E-state index is 0.0111. The number of pyridine rings is 1. The predicted molar refractivity (Wildman–Crippen MR) is 86.0 cm³/mol. The normalized spacial score (nSPS) is 17.6. The lowest BCUT2D eigenvalue weighted by Crippen LogP contribution is -2.26. The van der Waals surface area contributed by atoms with Crippen LogP contribution in [0.1, 0.15) is 30.0 Å². The van der Waals surface area contributed by atoms with E-state index < -0.39 is 0 Å². The van der Waals surface area contributed by atoms with Gasteiger partial charge in [0.2, 0.25) is 0 Å². The molecule has 1 aliphatic rings. The number of hydrogen-bond donors (Lipinski definition) is 1. The predicted octanol–water partition coefficient (Wildman–Crippen LogP) is 3.97. The van der Waals surface area contributed by atoms with E-state index in [0.29, 0.717) is 0 Å². The Balaban J connectivity index is 1.75. The van der Waals surface area contributed by atoms with Crippen LogP contribution >= 0.6 is 0 Å². The largest absolute Gasteiger partial charge is 0.323 e. The molecule has 0 spiro atoms. The molecule has 1 unspecified atom stereocenters. The fourth-order valence-electron chi connectivity index (χ4n) is 3.26. The summed E-state index contributed by atoms with van der Waals surface area (Å²) in [6, 6.07) is 21.0. The number of aromatic nitrogens is 1. The number of fused-ring (bicyclic) bond motifs is 1. The van der Waals surface area contributed by atoms with Gasteiger partial charge in [0.1, 0.15) is 0 Å². The van der Waals surface area contributed by atoms with E-state index >= 15 is 0 Å². The second kappa shape index (κ2) is 4.68. The van der Waals surface area contributed by atoms with E-state index in [1.807, 2.05) is 24.4 Å². The zero-order valence-electron chi connectivity index (χ0n) is 11.9. The van der Waals surface area contributed by atoms with E-state index in [0.717, 1.165) is 29.3 Å². The Morgan fingerprint density at radius 3 is 2.43 bits per heavy atom. The third-order valence-electron chi connectivity index (χ3n) is 4.70. The molecule has 0 bridgehead atoms. The maximum absolute atomic E-state index is 6.62. The summed E-state index contributed by atoms with van der Waals surface area (Å²) in [6.07, 6.45) is 4.26. The fourth-order valence-corrected chi connectivity index (χ4v) is 3.26. The summed E-state index contributed by atoms with van der Waals surface area (Å²) in [6.45, 7) is 0. The third-order valence-corrected chi connectivity index (χ3v) is 4.70. The number of para-hydroxylation sites is 1. The number of benzene rings is 2. The molecule has 1 saturated carbocycles. The number of nitrogens with two attached hydrogens (primary N) is 1. The molecule has 1 atom stereocenters. The highest BCUT2D eigenvalue weighted by atomic mass is 14.8. The molecule has 21 heavy (non-hydrogen) atoms. The van der Waals surface area contributed by atoms with Crippen molar-refractivity contribution in [3.05, 3.63) is 78.0 Å². The molecule has 0 amide bonds. The summed E-state index contributed by atoms with van der Waals surface area (Å²) in [4.78, 5) is 4.56. The Hall–Kier alpha value is -2.19. The highest BCUT2D eigenvalue weighted by Crippen LogP contribution is 2.55. The zero-order valence-corrected chi connectivity index (χ0v) is 11.9. The van der Waals surface area contributed by atoms with Crippen LogP contribution in [0.3, 0.4) is 0 Å². The highest BCUT2D eigenvalue weighted by Gasteiger charge is 2.49. The van der Waals surface area contributed by atoms with E-state index in [-0.39, 0.29) is 11.5 Å². The van der Waals surface area contributed by atoms with E-state index in [1.54, 1.807) is 0 Å². The van der Waals surface area contributed by atoms with Gasteiger partial charge in [0.05, 0.1) is 5.52 Å². The van der Waals surface area contributed by atoms with Crippen molar-refractivity contribution in [1.29, 1.82) is 0 Å². The molecule has 1 fully saturated rings. The quantitative estimate of drug-likeness (QED) is 0.785. The first-order valence-electron chi connectivity index (χ1n) is 7.45. The summed E-state index contributed by atoms with van der Waals surface area (Å²) < 4.78 is 0. The Labute approximate surface area is 124 Å². The van der Waals surface area contributed by atoms with Crippen LogP contribution in [-0.4, -0.2) is 4.98 Å². The Bertz CT molecular complexity index is 776. The van der Waals surface area contributed by atoms with Gasteiger partial charge in [-0.25, -0.2) is 0 Å². The summed E-state index contributed by atoms with van der Waals surface area (Å²) in [7, 11) is 0. The van der Waals surface area contributed by atoms with Gasteiger partial charge in [-0.3, -0.25) is 4.98 Å². The van der Waals surface area contributed by atoms with Crippen LogP contribution in [-0.2, 0) is 5.41 Å². The van der Waals surface area contributed by atoms with Crippen molar-refractivity contribution in [3.63, 3.8) is 0 Å². The molecule has 1 aromatic heterocycles. The molecular formula is C19H18N2. The van der Waals surface area contributed by atoms with Gasteiger partial charge in [0.15, 0.2) is 0 Å². The minimum atomic E-state index is 0.0111. The van der Waals surface area contributed by atoms with E-state index in [1.165, 1.54) is 5.56 Å². The van der Waals surface area contributed by atoms with Crippen LogP contribution < -0.4 is 5.73 Å².